The fourth-order valence-electron chi connectivity index (χ4n) is 4.51. The van der Waals surface area contributed by atoms with Gasteiger partial charge in [0.2, 0.25) is 0 Å². The van der Waals surface area contributed by atoms with Crippen molar-refractivity contribution in [3.8, 4) is 0 Å². The van der Waals surface area contributed by atoms with Crippen molar-refractivity contribution in [2.75, 3.05) is 0 Å². The average molecular weight is 332 g/mol. The van der Waals surface area contributed by atoms with Crippen molar-refractivity contribution in [2.45, 2.75) is 31.3 Å². The van der Waals surface area contributed by atoms with Gasteiger partial charge in [-0.2, -0.15) is 0 Å². The summed E-state index contributed by atoms with van der Waals surface area (Å²) in [5.41, 5.74) is 0.108. The molecular weight excluding hydrogens is 313 g/mol. The van der Waals surface area contributed by atoms with Crippen molar-refractivity contribution in [1.29, 1.82) is 0 Å². The second-order valence-electron chi connectivity index (χ2n) is 6.85. The summed E-state index contributed by atoms with van der Waals surface area (Å²) >= 11 is 0. The monoisotopic (exact) mass is 332 g/mol. The number of hydrogen-bond donors (Lipinski definition) is 0. The standard InChI is InChI=1S/C19H19F2OP/c20-15-3-7-17(8-4-15)23(22,18-9-5-16(21)6-10-18)19-12-13-1-2-14(19)11-13/h3-10,13-14,19H,1-2,11-12H2. The molecule has 120 valence electrons. The van der Waals surface area contributed by atoms with E-state index in [1.807, 2.05) is 0 Å². The van der Waals surface area contributed by atoms with E-state index in [9.17, 15) is 13.3 Å². The smallest absolute Gasteiger partial charge is 0.146 e. The number of hydrogen-bond acceptors (Lipinski definition) is 1. The molecule has 3 atom stereocenters. The van der Waals surface area contributed by atoms with Crippen LogP contribution in [-0.4, -0.2) is 5.66 Å². The summed E-state index contributed by atoms with van der Waals surface area (Å²) in [4.78, 5) is 0. The third-order valence-corrected chi connectivity index (χ3v) is 9.29. The van der Waals surface area contributed by atoms with Gasteiger partial charge in [0.05, 0.1) is 0 Å². The van der Waals surface area contributed by atoms with Crippen LogP contribution in [0.3, 0.4) is 0 Å². The SMILES string of the molecule is O=P(c1ccc(F)cc1)(c1ccc(F)cc1)C1CC2CCC1C2. The van der Waals surface area contributed by atoms with Crippen molar-refractivity contribution >= 4 is 17.8 Å². The zero-order chi connectivity index (χ0) is 16.0. The normalized spacial score (nSPS) is 26.6. The summed E-state index contributed by atoms with van der Waals surface area (Å²) in [6.45, 7) is 0. The summed E-state index contributed by atoms with van der Waals surface area (Å²) in [6, 6.07) is 12.1. The fraction of sp³-hybridized carbons (Fsp3) is 0.368. The largest absolute Gasteiger partial charge is 0.313 e. The van der Waals surface area contributed by atoms with Crippen LogP contribution in [0.25, 0.3) is 0 Å². The van der Waals surface area contributed by atoms with Crippen LogP contribution in [-0.2, 0) is 4.57 Å². The molecule has 0 heterocycles. The Labute approximate surface area is 135 Å². The van der Waals surface area contributed by atoms with E-state index in [2.05, 4.69) is 0 Å². The zero-order valence-electron chi connectivity index (χ0n) is 12.8. The molecule has 3 unspecified atom stereocenters. The lowest BCUT2D eigenvalue weighted by Crippen LogP contribution is -2.29. The lowest BCUT2D eigenvalue weighted by atomic mass is 10.0. The van der Waals surface area contributed by atoms with Crippen LogP contribution in [0.4, 0.5) is 8.78 Å². The Morgan fingerprint density at radius 3 is 1.70 bits per heavy atom. The van der Waals surface area contributed by atoms with Crippen molar-refractivity contribution in [2.24, 2.45) is 11.8 Å². The maximum absolute atomic E-state index is 14.2. The van der Waals surface area contributed by atoms with E-state index >= 15 is 0 Å². The fourth-order valence-corrected chi connectivity index (χ4v) is 8.22. The summed E-state index contributed by atoms with van der Waals surface area (Å²) < 4.78 is 40.8. The number of benzene rings is 2. The summed E-state index contributed by atoms with van der Waals surface area (Å²) in [7, 11) is -2.89. The molecule has 0 N–H and O–H groups in total. The third-order valence-electron chi connectivity index (χ3n) is 5.59. The Balaban J connectivity index is 1.84. The molecule has 0 saturated heterocycles. The summed E-state index contributed by atoms with van der Waals surface area (Å²) in [5.74, 6) is 0.486. The van der Waals surface area contributed by atoms with Crippen molar-refractivity contribution in [1.82, 2.24) is 0 Å². The molecule has 2 fully saturated rings. The molecule has 2 aromatic carbocycles. The summed E-state index contributed by atoms with van der Waals surface area (Å²) in [6.07, 6.45) is 4.48. The lowest BCUT2D eigenvalue weighted by Gasteiger charge is -2.31. The predicted molar refractivity (Wildman–Crippen MR) is 88.9 cm³/mol. The third kappa shape index (κ3) is 2.46. The first kappa shape index (κ1) is 15.1. The van der Waals surface area contributed by atoms with Crippen LogP contribution < -0.4 is 10.6 Å². The van der Waals surface area contributed by atoms with Gasteiger partial charge in [-0.05, 0) is 79.6 Å². The van der Waals surface area contributed by atoms with Crippen molar-refractivity contribution < 1.29 is 13.3 Å². The Kier molecular flexibility index (Phi) is 3.65. The van der Waals surface area contributed by atoms with E-state index in [1.54, 1.807) is 24.3 Å². The molecule has 4 rings (SSSR count). The van der Waals surface area contributed by atoms with Gasteiger partial charge in [0, 0.05) is 16.3 Å². The topological polar surface area (TPSA) is 17.1 Å². The minimum atomic E-state index is -2.89. The first-order valence-electron chi connectivity index (χ1n) is 8.19. The van der Waals surface area contributed by atoms with Gasteiger partial charge in [0.1, 0.15) is 18.8 Å². The molecule has 0 radical (unpaired) electrons. The van der Waals surface area contributed by atoms with Gasteiger partial charge in [-0.25, -0.2) is 8.78 Å². The highest BCUT2D eigenvalue weighted by molar-refractivity contribution is 7.79. The van der Waals surface area contributed by atoms with Gasteiger partial charge in [0.15, 0.2) is 0 Å². The molecule has 2 aliphatic carbocycles. The van der Waals surface area contributed by atoms with Crippen molar-refractivity contribution in [3.63, 3.8) is 0 Å². The molecule has 0 spiro atoms. The van der Waals surface area contributed by atoms with Crippen LogP contribution in [0.5, 0.6) is 0 Å². The van der Waals surface area contributed by atoms with E-state index in [0.717, 1.165) is 19.3 Å². The van der Waals surface area contributed by atoms with Crippen LogP contribution in [0.2, 0.25) is 0 Å². The van der Waals surface area contributed by atoms with Crippen LogP contribution >= 0.6 is 7.14 Å². The molecule has 0 aliphatic heterocycles. The molecule has 2 aromatic rings. The zero-order valence-corrected chi connectivity index (χ0v) is 13.7. The van der Waals surface area contributed by atoms with Crippen molar-refractivity contribution in [3.05, 3.63) is 60.2 Å². The van der Waals surface area contributed by atoms with Gasteiger partial charge in [-0.3, -0.25) is 0 Å². The number of fused-ring (bicyclic) bond motifs is 2. The van der Waals surface area contributed by atoms with Crippen LogP contribution in [0, 0.1) is 23.5 Å². The predicted octanol–water partition coefficient (Wildman–Crippen LogP) is 4.47. The minimum Gasteiger partial charge on any atom is -0.313 e. The van der Waals surface area contributed by atoms with Gasteiger partial charge >= 0.3 is 0 Å². The molecule has 2 bridgehead atoms. The van der Waals surface area contributed by atoms with E-state index in [1.165, 1.54) is 30.7 Å². The molecular formula is C19H19F2OP. The molecule has 0 aromatic heterocycles. The Morgan fingerprint density at radius 2 is 1.30 bits per heavy atom. The molecule has 4 heteroatoms. The highest BCUT2D eigenvalue weighted by Crippen LogP contribution is 2.62. The van der Waals surface area contributed by atoms with Gasteiger partial charge in [-0.1, -0.05) is 6.42 Å². The van der Waals surface area contributed by atoms with E-state index < -0.39 is 7.14 Å². The van der Waals surface area contributed by atoms with E-state index in [4.69, 9.17) is 0 Å². The summed E-state index contributed by atoms with van der Waals surface area (Å²) in [5, 5.41) is 1.39. The average Bonchev–Trinajstić information content (AvgIpc) is 3.19. The first-order valence-corrected chi connectivity index (χ1v) is 9.97. The second kappa shape index (κ2) is 5.56. The lowest BCUT2D eigenvalue weighted by molar-refractivity contribution is 0.470. The highest BCUT2D eigenvalue weighted by atomic mass is 31.2. The van der Waals surface area contributed by atoms with Gasteiger partial charge in [-0.15, -0.1) is 0 Å². The molecule has 1 nitrogen and oxygen atoms in total. The quantitative estimate of drug-likeness (QED) is 0.758. The van der Waals surface area contributed by atoms with Gasteiger partial charge < -0.3 is 4.57 Å². The van der Waals surface area contributed by atoms with E-state index in [0.29, 0.717) is 22.4 Å². The number of halogens is 2. The van der Waals surface area contributed by atoms with E-state index in [-0.39, 0.29) is 17.3 Å². The molecule has 23 heavy (non-hydrogen) atoms. The highest BCUT2D eigenvalue weighted by Gasteiger charge is 2.49. The minimum absolute atomic E-state index is 0.108. The van der Waals surface area contributed by atoms with Crippen LogP contribution in [0.15, 0.2) is 48.5 Å². The Morgan fingerprint density at radius 1 is 0.783 bits per heavy atom. The first-order chi connectivity index (χ1) is 11.1. The molecule has 0 amide bonds. The van der Waals surface area contributed by atoms with Crippen LogP contribution in [0.1, 0.15) is 25.7 Å². The Hall–Kier alpha value is -1.47. The maximum Gasteiger partial charge on any atom is 0.146 e. The molecule has 2 saturated carbocycles. The maximum atomic E-state index is 14.2. The van der Waals surface area contributed by atoms with Gasteiger partial charge in [0.25, 0.3) is 0 Å². The molecule has 2 aliphatic rings. The Bertz CT molecular complexity index is 704. The number of rotatable bonds is 3. The second-order valence-corrected chi connectivity index (χ2v) is 9.87.